The summed E-state index contributed by atoms with van der Waals surface area (Å²) >= 11 is 0. The van der Waals surface area contributed by atoms with Gasteiger partial charge in [-0.15, -0.1) is 0 Å². The fourth-order valence-electron chi connectivity index (χ4n) is 2.59. The summed E-state index contributed by atoms with van der Waals surface area (Å²) in [5.41, 5.74) is 0.780. The van der Waals surface area contributed by atoms with E-state index in [2.05, 4.69) is 0 Å². The van der Waals surface area contributed by atoms with Gasteiger partial charge < -0.3 is 14.6 Å². The van der Waals surface area contributed by atoms with Gasteiger partial charge in [0, 0.05) is 6.08 Å². The van der Waals surface area contributed by atoms with Gasteiger partial charge in [-0.2, -0.15) is 0 Å². The summed E-state index contributed by atoms with van der Waals surface area (Å²) in [6, 6.07) is 5.49. The van der Waals surface area contributed by atoms with E-state index >= 15 is 0 Å². The Morgan fingerprint density at radius 2 is 1.90 bits per heavy atom. The number of hydrogen-bond donors (Lipinski definition) is 1. The van der Waals surface area contributed by atoms with E-state index in [1.165, 1.54) is 25.7 Å². The van der Waals surface area contributed by atoms with Crippen molar-refractivity contribution in [1.29, 1.82) is 0 Å². The van der Waals surface area contributed by atoms with E-state index in [-0.39, 0.29) is 6.10 Å². The molecule has 1 fully saturated rings. The minimum atomic E-state index is -0.965. The van der Waals surface area contributed by atoms with Crippen LogP contribution in [0.3, 0.4) is 0 Å². The van der Waals surface area contributed by atoms with Gasteiger partial charge in [-0.1, -0.05) is 18.9 Å². The van der Waals surface area contributed by atoms with E-state index in [9.17, 15) is 4.79 Å². The maximum absolute atomic E-state index is 10.5. The highest BCUT2D eigenvalue weighted by Crippen LogP contribution is 2.31. The molecule has 0 bridgehead atoms. The molecule has 0 unspecified atom stereocenters. The molecule has 2 rings (SSSR count). The Labute approximate surface area is 125 Å². The average Bonchev–Trinajstić information content (AvgIpc) is 2.74. The highest BCUT2D eigenvalue weighted by Gasteiger charge is 2.16. The molecule has 0 heterocycles. The fourth-order valence-corrected chi connectivity index (χ4v) is 2.59. The van der Waals surface area contributed by atoms with Gasteiger partial charge in [0.15, 0.2) is 11.5 Å². The maximum Gasteiger partial charge on any atom is 0.328 e. The zero-order valence-corrected chi connectivity index (χ0v) is 12.4. The molecule has 0 atom stereocenters. The first-order chi connectivity index (χ1) is 10.2. The molecular formula is C17H22O4. The summed E-state index contributed by atoms with van der Waals surface area (Å²) in [4.78, 5) is 10.5. The van der Waals surface area contributed by atoms with Crippen LogP contribution >= 0.6 is 0 Å². The second kappa shape index (κ2) is 7.72. The van der Waals surface area contributed by atoms with Gasteiger partial charge in [0.05, 0.1) is 13.2 Å². The molecule has 0 aromatic heterocycles. The summed E-state index contributed by atoms with van der Waals surface area (Å²) in [7, 11) is 1.60. The van der Waals surface area contributed by atoms with E-state index in [1.807, 2.05) is 12.1 Å². The molecule has 1 saturated carbocycles. The molecule has 1 aromatic rings. The van der Waals surface area contributed by atoms with E-state index in [0.717, 1.165) is 30.2 Å². The normalized spacial score (nSPS) is 16.6. The number of methoxy groups -OCH3 is 1. The highest BCUT2D eigenvalue weighted by atomic mass is 16.5. The van der Waals surface area contributed by atoms with Gasteiger partial charge in [-0.05, 0) is 49.5 Å². The third kappa shape index (κ3) is 4.81. The van der Waals surface area contributed by atoms with E-state index in [0.29, 0.717) is 5.75 Å². The van der Waals surface area contributed by atoms with Gasteiger partial charge in [0.25, 0.3) is 0 Å². The van der Waals surface area contributed by atoms with Crippen LogP contribution in [0, 0.1) is 0 Å². The summed E-state index contributed by atoms with van der Waals surface area (Å²) in [6.07, 6.45) is 10.1. The molecule has 1 N–H and O–H groups in total. The Morgan fingerprint density at radius 1 is 1.19 bits per heavy atom. The topological polar surface area (TPSA) is 55.8 Å². The third-order valence-corrected chi connectivity index (χ3v) is 3.70. The number of carboxylic acid groups (broad SMARTS) is 1. The summed E-state index contributed by atoms with van der Waals surface area (Å²) in [6.45, 7) is 0. The molecule has 4 nitrogen and oxygen atoms in total. The van der Waals surface area contributed by atoms with Crippen molar-refractivity contribution in [3.63, 3.8) is 0 Å². The van der Waals surface area contributed by atoms with Gasteiger partial charge in [-0.25, -0.2) is 4.79 Å². The molecule has 0 amide bonds. The van der Waals surface area contributed by atoms with E-state index < -0.39 is 5.97 Å². The van der Waals surface area contributed by atoms with Gasteiger partial charge in [0.1, 0.15) is 0 Å². The Balaban J connectivity index is 2.10. The van der Waals surface area contributed by atoms with Crippen LogP contribution in [0.2, 0.25) is 0 Å². The first-order valence-electron chi connectivity index (χ1n) is 7.45. The number of rotatable bonds is 5. The largest absolute Gasteiger partial charge is 0.493 e. The van der Waals surface area contributed by atoms with Crippen molar-refractivity contribution in [3.05, 3.63) is 29.8 Å². The van der Waals surface area contributed by atoms with Crippen LogP contribution in [0.5, 0.6) is 11.5 Å². The zero-order valence-electron chi connectivity index (χ0n) is 12.4. The number of carbonyl (C=O) groups is 1. The second-order valence-corrected chi connectivity index (χ2v) is 5.31. The minimum absolute atomic E-state index is 0.252. The van der Waals surface area contributed by atoms with E-state index in [1.54, 1.807) is 19.3 Å². The summed E-state index contributed by atoms with van der Waals surface area (Å²) in [5, 5.41) is 8.66. The third-order valence-electron chi connectivity index (χ3n) is 3.70. The molecule has 0 spiro atoms. The second-order valence-electron chi connectivity index (χ2n) is 5.31. The molecule has 1 aromatic carbocycles. The van der Waals surface area contributed by atoms with Crippen LogP contribution in [0.1, 0.15) is 44.1 Å². The van der Waals surface area contributed by atoms with Crippen LogP contribution in [0.15, 0.2) is 24.3 Å². The molecule has 21 heavy (non-hydrogen) atoms. The number of ether oxygens (including phenoxy) is 2. The lowest BCUT2D eigenvalue weighted by molar-refractivity contribution is -0.131. The van der Waals surface area contributed by atoms with E-state index in [4.69, 9.17) is 14.6 Å². The summed E-state index contributed by atoms with van der Waals surface area (Å²) in [5.74, 6) is 0.413. The van der Waals surface area contributed by atoms with Gasteiger partial charge >= 0.3 is 5.97 Å². The van der Waals surface area contributed by atoms with Crippen molar-refractivity contribution in [1.82, 2.24) is 0 Å². The van der Waals surface area contributed by atoms with Crippen LogP contribution < -0.4 is 9.47 Å². The number of aliphatic carboxylic acids is 1. The lowest BCUT2D eigenvalue weighted by atomic mass is 10.1. The first-order valence-corrected chi connectivity index (χ1v) is 7.45. The Hall–Kier alpha value is -1.97. The molecule has 1 aliphatic rings. The van der Waals surface area contributed by atoms with Crippen LogP contribution in [0.4, 0.5) is 0 Å². The lowest BCUT2D eigenvalue weighted by Gasteiger charge is -2.19. The number of carboxylic acids is 1. The number of hydrogen-bond acceptors (Lipinski definition) is 3. The van der Waals surface area contributed by atoms with Crippen molar-refractivity contribution in [3.8, 4) is 11.5 Å². The standard InChI is InChI=1S/C17H22O4/c1-20-16-12-13(9-11-17(18)19)8-10-15(16)21-14-6-4-2-3-5-7-14/h8-12,14H,2-7H2,1H3,(H,18,19)/b11-9+. The number of benzene rings is 1. The fraction of sp³-hybridized carbons (Fsp3) is 0.471. The molecule has 0 radical (unpaired) electrons. The van der Waals surface area contributed by atoms with Gasteiger partial charge in [0.2, 0.25) is 0 Å². The smallest absolute Gasteiger partial charge is 0.328 e. The monoisotopic (exact) mass is 290 g/mol. The predicted molar refractivity (Wildman–Crippen MR) is 81.8 cm³/mol. The molecular weight excluding hydrogens is 268 g/mol. The Bertz CT molecular complexity index is 500. The first kappa shape index (κ1) is 15.4. The Morgan fingerprint density at radius 3 is 2.52 bits per heavy atom. The van der Waals surface area contributed by atoms with Crippen LogP contribution in [-0.2, 0) is 4.79 Å². The zero-order chi connectivity index (χ0) is 15.1. The average molecular weight is 290 g/mol. The SMILES string of the molecule is COc1cc(/C=C/C(=O)O)ccc1OC1CCCCCC1. The maximum atomic E-state index is 10.5. The van der Waals surface area contributed by atoms with Crippen LogP contribution in [0.25, 0.3) is 6.08 Å². The predicted octanol–water partition coefficient (Wildman–Crippen LogP) is 3.89. The van der Waals surface area contributed by atoms with Crippen LogP contribution in [-0.4, -0.2) is 24.3 Å². The molecule has 0 saturated heterocycles. The minimum Gasteiger partial charge on any atom is -0.493 e. The Kier molecular flexibility index (Phi) is 5.67. The lowest BCUT2D eigenvalue weighted by Crippen LogP contribution is -2.15. The molecule has 1 aliphatic carbocycles. The quantitative estimate of drug-likeness (QED) is 0.660. The summed E-state index contributed by atoms with van der Waals surface area (Å²) < 4.78 is 11.4. The van der Waals surface area contributed by atoms with Crippen molar-refractivity contribution in [2.24, 2.45) is 0 Å². The molecule has 4 heteroatoms. The van der Waals surface area contributed by atoms with Crippen molar-refractivity contribution < 1.29 is 19.4 Å². The van der Waals surface area contributed by atoms with Crippen molar-refractivity contribution in [2.45, 2.75) is 44.6 Å². The van der Waals surface area contributed by atoms with Gasteiger partial charge in [-0.3, -0.25) is 0 Å². The highest BCUT2D eigenvalue weighted by molar-refractivity contribution is 5.85. The van der Waals surface area contributed by atoms with Crippen molar-refractivity contribution in [2.75, 3.05) is 7.11 Å². The van der Waals surface area contributed by atoms with Crippen molar-refractivity contribution >= 4 is 12.0 Å². The molecule has 0 aliphatic heterocycles. The molecule has 114 valence electrons.